The van der Waals surface area contributed by atoms with Gasteiger partial charge < -0.3 is 14.2 Å². The Balaban J connectivity index is 1.96. The summed E-state index contributed by atoms with van der Waals surface area (Å²) < 4.78 is 23.3. The Kier molecular flexibility index (Phi) is 12.1. The van der Waals surface area contributed by atoms with E-state index < -0.39 is 37.5 Å². The largest absolute Gasteiger partial charge is 0.444 e. The fourth-order valence-electron chi connectivity index (χ4n) is 4.11. The smallest absolute Gasteiger partial charge is 0.415 e. The second-order valence-corrected chi connectivity index (χ2v) is 22.4. The molecule has 0 aliphatic carbocycles. The fourth-order valence-corrected chi connectivity index (χ4v) is 7.91. The Hall–Kier alpha value is -2.43. The van der Waals surface area contributed by atoms with E-state index in [0.29, 0.717) is 19.6 Å². The van der Waals surface area contributed by atoms with Gasteiger partial charge in [0.25, 0.3) is 0 Å². The minimum absolute atomic E-state index is 0.0910. The molecule has 0 saturated carbocycles. The third kappa shape index (κ3) is 10.6. The first-order valence-electron chi connectivity index (χ1n) is 14.8. The number of nitrogens with zero attached hydrogens (tertiary/aromatic N) is 3. The third-order valence-electron chi connectivity index (χ3n) is 6.31. The lowest BCUT2D eigenvalue weighted by Gasteiger charge is -2.31. The normalized spacial score (nSPS) is 12.9. The van der Waals surface area contributed by atoms with Crippen LogP contribution in [-0.4, -0.2) is 60.1 Å². The first-order chi connectivity index (χ1) is 20.4. The van der Waals surface area contributed by atoms with Crippen molar-refractivity contribution in [3.05, 3.63) is 32.8 Å². The predicted molar refractivity (Wildman–Crippen MR) is 187 cm³/mol. The number of amides is 2. The Morgan fingerprint density at radius 1 is 1.07 bits per heavy atom. The zero-order chi connectivity index (χ0) is 32.9. The van der Waals surface area contributed by atoms with Gasteiger partial charge in [-0.15, -0.1) is 28.6 Å². The summed E-state index contributed by atoms with van der Waals surface area (Å²) in [4.78, 5) is 32.3. The van der Waals surface area contributed by atoms with Crippen molar-refractivity contribution < 1.29 is 23.8 Å². The van der Waals surface area contributed by atoms with E-state index in [0.717, 1.165) is 36.6 Å². The topological polar surface area (TPSA) is 81.2 Å². The van der Waals surface area contributed by atoms with E-state index in [9.17, 15) is 9.59 Å². The number of thiophene rings is 2. The Labute approximate surface area is 275 Å². The number of hydrogen-bond acceptors (Lipinski definition) is 9. The third-order valence-corrected chi connectivity index (χ3v) is 11.2. The molecule has 0 N–H and O–H groups in total. The highest BCUT2D eigenvalue weighted by Gasteiger charge is 2.32. The molecular formula is C32H47N3O5S3Si. The van der Waals surface area contributed by atoms with Gasteiger partial charge in [0, 0.05) is 30.9 Å². The van der Waals surface area contributed by atoms with Gasteiger partial charge in [0.15, 0.2) is 0 Å². The van der Waals surface area contributed by atoms with Gasteiger partial charge >= 0.3 is 12.2 Å². The molecule has 3 heterocycles. The zero-order valence-corrected chi connectivity index (χ0v) is 31.4. The first kappa shape index (κ1) is 36.0. The summed E-state index contributed by atoms with van der Waals surface area (Å²) >= 11 is 4.48. The molecule has 0 aromatic carbocycles. The van der Waals surface area contributed by atoms with Gasteiger partial charge in [-0.1, -0.05) is 31.6 Å². The van der Waals surface area contributed by atoms with E-state index in [2.05, 4.69) is 31.5 Å². The van der Waals surface area contributed by atoms with Crippen molar-refractivity contribution in [3.63, 3.8) is 0 Å². The minimum atomic E-state index is -1.30. The van der Waals surface area contributed by atoms with Crippen LogP contribution in [0.15, 0.2) is 17.5 Å². The number of aromatic nitrogens is 1. The summed E-state index contributed by atoms with van der Waals surface area (Å²) in [6, 6.07) is 4.51. The van der Waals surface area contributed by atoms with E-state index in [1.165, 1.54) is 11.5 Å². The van der Waals surface area contributed by atoms with Crippen molar-refractivity contribution in [2.75, 3.05) is 18.2 Å². The lowest BCUT2D eigenvalue weighted by atomic mass is 10.1. The van der Waals surface area contributed by atoms with Gasteiger partial charge in [-0.25, -0.2) is 9.59 Å². The minimum Gasteiger partial charge on any atom is -0.444 e. The molecule has 2 amide bonds. The standard InChI is InChI=1S/C32H47N3O5S3Si/c1-12-14-23(35(30(37)40-32(6,7)8)21-38-16-18-44(9,10)11)19-25-22(2)26-27(42-25)28(43-33-26)34(20-24-15-13-17-41-24)29(36)39-31(3,4)5/h13,15,17,23H,16,18-21H2,1-11H3/t23-/m0/s1. The lowest BCUT2D eigenvalue weighted by Crippen LogP contribution is -2.45. The molecule has 8 nitrogen and oxygen atoms in total. The van der Waals surface area contributed by atoms with Crippen LogP contribution < -0.4 is 4.90 Å². The summed E-state index contributed by atoms with van der Waals surface area (Å²) in [6.45, 7) is 22.9. The van der Waals surface area contributed by atoms with E-state index in [-0.39, 0.29) is 6.73 Å². The SMILES string of the molecule is CC#C[C@@H](Cc1sc2c(N(Cc3cccs3)C(=O)OC(C)(C)C)snc2c1C)N(COCC[Si](C)(C)C)C(=O)OC(C)(C)C. The Morgan fingerprint density at radius 2 is 1.73 bits per heavy atom. The van der Waals surface area contributed by atoms with Crippen molar-refractivity contribution >= 4 is 69.7 Å². The second-order valence-electron chi connectivity index (χ2n) is 13.9. The molecule has 0 spiro atoms. The average Bonchev–Trinajstić information content (AvgIpc) is 3.59. The van der Waals surface area contributed by atoms with Crippen molar-refractivity contribution in [2.45, 2.75) is 111 Å². The van der Waals surface area contributed by atoms with E-state index in [1.54, 1.807) is 39.4 Å². The first-order valence-corrected chi connectivity index (χ1v) is 21.0. The van der Waals surface area contributed by atoms with Gasteiger partial charge in [-0.3, -0.25) is 9.80 Å². The van der Waals surface area contributed by atoms with E-state index >= 15 is 0 Å². The van der Waals surface area contributed by atoms with Crippen LogP contribution in [-0.2, 0) is 27.2 Å². The van der Waals surface area contributed by atoms with Crippen LogP contribution in [0.2, 0.25) is 25.7 Å². The van der Waals surface area contributed by atoms with Crippen LogP contribution in [0.25, 0.3) is 10.2 Å². The molecule has 0 fully saturated rings. The molecule has 3 aromatic rings. The Morgan fingerprint density at radius 3 is 2.30 bits per heavy atom. The maximum atomic E-state index is 13.5. The highest BCUT2D eigenvalue weighted by molar-refractivity contribution is 7.25. The number of carbonyl (C=O) groups is 2. The maximum Gasteiger partial charge on any atom is 0.415 e. The quantitative estimate of drug-likeness (QED) is 0.0872. The van der Waals surface area contributed by atoms with Gasteiger partial charge in [0.05, 0.1) is 11.2 Å². The average molecular weight is 678 g/mol. The monoisotopic (exact) mass is 677 g/mol. The van der Waals surface area contributed by atoms with Crippen molar-refractivity contribution in [3.8, 4) is 11.8 Å². The summed E-state index contributed by atoms with van der Waals surface area (Å²) in [5, 5.41) is 2.75. The molecule has 44 heavy (non-hydrogen) atoms. The van der Waals surface area contributed by atoms with Gasteiger partial charge in [-0.05, 0) is 90.0 Å². The van der Waals surface area contributed by atoms with Gasteiger partial charge in [0.2, 0.25) is 0 Å². The van der Waals surface area contributed by atoms with Crippen molar-refractivity contribution in [1.82, 2.24) is 9.27 Å². The fraction of sp³-hybridized carbons (Fsp3) is 0.594. The molecule has 1 atom stereocenters. The molecule has 12 heteroatoms. The molecule has 0 bridgehead atoms. The summed E-state index contributed by atoms with van der Waals surface area (Å²) in [5.74, 6) is 6.25. The van der Waals surface area contributed by atoms with Crippen LogP contribution in [0.3, 0.4) is 0 Å². The molecule has 0 saturated heterocycles. The van der Waals surface area contributed by atoms with E-state index in [1.807, 2.05) is 66.0 Å². The molecule has 0 unspecified atom stereocenters. The number of aryl methyl sites for hydroxylation is 1. The van der Waals surface area contributed by atoms with Crippen molar-refractivity contribution in [1.29, 1.82) is 0 Å². The zero-order valence-electron chi connectivity index (χ0n) is 28.0. The maximum absolute atomic E-state index is 13.5. The van der Waals surface area contributed by atoms with E-state index in [4.69, 9.17) is 18.6 Å². The number of carbonyl (C=O) groups excluding carboxylic acids is 2. The van der Waals surface area contributed by atoms with Gasteiger partial charge in [-0.2, -0.15) is 4.37 Å². The number of ether oxygens (including phenoxy) is 3. The summed E-state index contributed by atoms with van der Waals surface area (Å²) in [5.41, 5.74) is 0.563. The van der Waals surface area contributed by atoms with Crippen LogP contribution in [0.1, 0.15) is 63.8 Å². The number of rotatable bonds is 11. The predicted octanol–water partition coefficient (Wildman–Crippen LogP) is 9.15. The number of hydrogen-bond donors (Lipinski definition) is 0. The summed E-state index contributed by atoms with van der Waals surface area (Å²) in [6.07, 6.45) is -0.392. The van der Waals surface area contributed by atoms with Crippen LogP contribution in [0.4, 0.5) is 14.6 Å². The van der Waals surface area contributed by atoms with Crippen LogP contribution in [0.5, 0.6) is 0 Å². The lowest BCUT2D eigenvalue weighted by molar-refractivity contribution is -0.0183. The molecule has 0 aliphatic heterocycles. The molecule has 3 rings (SSSR count). The number of fused-ring (bicyclic) bond motifs is 1. The van der Waals surface area contributed by atoms with Crippen molar-refractivity contribution in [2.24, 2.45) is 0 Å². The Bertz CT molecular complexity index is 1470. The highest BCUT2D eigenvalue weighted by Crippen LogP contribution is 2.42. The molecule has 3 aromatic heterocycles. The highest BCUT2D eigenvalue weighted by atomic mass is 32.1. The molecule has 242 valence electrons. The summed E-state index contributed by atoms with van der Waals surface area (Å²) in [7, 11) is -1.30. The molecule has 0 aliphatic rings. The molecular weight excluding hydrogens is 631 g/mol. The molecule has 0 radical (unpaired) electrons. The second kappa shape index (κ2) is 14.8. The van der Waals surface area contributed by atoms with Crippen LogP contribution >= 0.6 is 34.2 Å². The van der Waals surface area contributed by atoms with Gasteiger partial charge in [0.1, 0.15) is 34.5 Å². The van der Waals surface area contributed by atoms with Crippen LogP contribution in [0, 0.1) is 18.8 Å². The number of anilines is 1.